The molecule has 3 N–H and O–H groups in total. The molecule has 1 aromatic rings. The van der Waals surface area contributed by atoms with Crippen molar-refractivity contribution in [1.29, 1.82) is 5.41 Å². The first kappa shape index (κ1) is 12.4. The van der Waals surface area contributed by atoms with Crippen molar-refractivity contribution in [2.45, 2.75) is 26.3 Å². The zero-order valence-corrected chi connectivity index (χ0v) is 9.66. The van der Waals surface area contributed by atoms with Gasteiger partial charge in [-0.25, -0.2) is 14.4 Å². The largest absolute Gasteiger partial charge is 0.388 e. The lowest BCUT2D eigenvalue weighted by Gasteiger charge is -2.25. The standard InChI is InChI=1S/C10H16FN5/c1-6(4-8(12)13)16(3)10-9(11)7(2)14-5-15-10/h5-6H,4H2,1-3H3,(H3,12,13). The molecule has 0 saturated heterocycles. The number of nitrogens with two attached hydrogens (primary N) is 1. The van der Waals surface area contributed by atoms with Crippen LogP contribution >= 0.6 is 0 Å². The molecule has 1 unspecified atom stereocenters. The fourth-order valence-electron chi connectivity index (χ4n) is 1.36. The minimum Gasteiger partial charge on any atom is -0.388 e. The Morgan fingerprint density at radius 1 is 1.62 bits per heavy atom. The molecule has 0 amide bonds. The summed E-state index contributed by atoms with van der Waals surface area (Å²) in [5.74, 6) is -0.118. The van der Waals surface area contributed by atoms with Gasteiger partial charge in [0.05, 0.1) is 11.5 Å². The number of hydrogen-bond acceptors (Lipinski definition) is 4. The number of nitrogens with one attached hydrogen (secondary N) is 1. The van der Waals surface area contributed by atoms with E-state index in [0.29, 0.717) is 12.1 Å². The summed E-state index contributed by atoms with van der Waals surface area (Å²) < 4.78 is 13.7. The second-order valence-electron chi connectivity index (χ2n) is 3.79. The highest BCUT2D eigenvalue weighted by molar-refractivity contribution is 5.77. The zero-order valence-electron chi connectivity index (χ0n) is 9.66. The lowest BCUT2D eigenvalue weighted by atomic mass is 10.2. The Hall–Kier alpha value is -1.72. The van der Waals surface area contributed by atoms with Crippen molar-refractivity contribution in [3.8, 4) is 0 Å². The molecule has 1 aromatic heterocycles. The first-order valence-electron chi connectivity index (χ1n) is 4.96. The molecule has 0 aliphatic carbocycles. The Morgan fingerprint density at radius 3 is 2.81 bits per heavy atom. The number of rotatable bonds is 4. The van der Waals surface area contributed by atoms with Crippen molar-refractivity contribution in [3.63, 3.8) is 0 Å². The molecule has 0 aliphatic rings. The van der Waals surface area contributed by atoms with Gasteiger partial charge in [-0.05, 0) is 13.8 Å². The molecule has 0 bridgehead atoms. The third kappa shape index (κ3) is 2.65. The van der Waals surface area contributed by atoms with Gasteiger partial charge in [0.25, 0.3) is 0 Å². The number of anilines is 1. The van der Waals surface area contributed by atoms with E-state index in [2.05, 4.69) is 9.97 Å². The molecule has 0 aromatic carbocycles. The third-order valence-corrected chi connectivity index (χ3v) is 2.46. The second kappa shape index (κ2) is 4.87. The Balaban J connectivity index is 2.91. The van der Waals surface area contributed by atoms with Crippen molar-refractivity contribution in [3.05, 3.63) is 17.8 Å². The molecule has 0 fully saturated rings. The highest BCUT2D eigenvalue weighted by atomic mass is 19.1. The number of aryl methyl sites for hydroxylation is 1. The molecule has 5 nitrogen and oxygen atoms in total. The van der Waals surface area contributed by atoms with E-state index in [1.165, 1.54) is 6.33 Å². The number of nitrogens with zero attached hydrogens (tertiary/aromatic N) is 3. The predicted octanol–water partition coefficient (Wildman–Crippen LogP) is 1.07. The predicted molar refractivity (Wildman–Crippen MR) is 61.1 cm³/mol. The minimum atomic E-state index is -0.430. The van der Waals surface area contributed by atoms with Crippen LogP contribution in [-0.4, -0.2) is 28.9 Å². The lowest BCUT2D eigenvalue weighted by Crippen LogP contribution is -2.34. The molecule has 6 heteroatoms. The first-order valence-corrected chi connectivity index (χ1v) is 4.96. The van der Waals surface area contributed by atoms with Crippen LogP contribution in [0.25, 0.3) is 0 Å². The smallest absolute Gasteiger partial charge is 0.186 e. The van der Waals surface area contributed by atoms with Crippen molar-refractivity contribution in [2.75, 3.05) is 11.9 Å². The van der Waals surface area contributed by atoms with Crippen LogP contribution in [0.2, 0.25) is 0 Å². The summed E-state index contributed by atoms with van der Waals surface area (Å²) in [6.45, 7) is 3.45. The molecule has 16 heavy (non-hydrogen) atoms. The van der Waals surface area contributed by atoms with Crippen LogP contribution in [0.4, 0.5) is 10.2 Å². The van der Waals surface area contributed by atoms with Crippen molar-refractivity contribution in [2.24, 2.45) is 5.73 Å². The molecule has 0 saturated carbocycles. The number of aromatic nitrogens is 2. The van der Waals surface area contributed by atoms with Crippen molar-refractivity contribution in [1.82, 2.24) is 9.97 Å². The normalized spacial score (nSPS) is 12.2. The maximum atomic E-state index is 13.7. The van der Waals surface area contributed by atoms with Crippen molar-refractivity contribution >= 4 is 11.7 Å². The van der Waals surface area contributed by atoms with Gasteiger partial charge in [-0.15, -0.1) is 0 Å². The van der Waals surface area contributed by atoms with E-state index in [1.807, 2.05) is 6.92 Å². The molecule has 0 spiro atoms. The summed E-state index contributed by atoms with van der Waals surface area (Å²) >= 11 is 0. The fourth-order valence-corrected chi connectivity index (χ4v) is 1.36. The van der Waals surface area contributed by atoms with E-state index >= 15 is 0 Å². The lowest BCUT2D eigenvalue weighted by molar-refractivity contribution is 0.582. The maximum absolute atomic E-state index is 13.7. The third-order valence-electron chi connectivity index (χ3n) is 2.46. The SMILES string of the molecule is Cc1ncnc(N(C)C(C)CC(=N)N)c1F. The summed E-state index contributed by atoms with van der Waals surface area (Å²) in [5.41, 5.74) is 5.62. The van der Waals surface area contributed by atoms with E-state index < -0.39 is 5.82 Å². The van der Waals surface area contributed by atoms with E-state index in [-0.39, 0.29) is 17.7 Å². The Morgan fingerprint density at radius 2 is 2.25 bits per heavy atom. The van der Waals surface area contributed by atoms with E-state index in [0.717, 1.165) is 0 Å². The molecule has 88 valence electrons. The molecule has 1 heterocycles. The van der Waals surface area contributed by atoms with Gasteiger partial charge in [0.1, 0.15) is 6.33 Å². The van der Waals surface area contributed by atoms with Gasteiger partial charge in [0.15, 0.2) is 11.6 Å². The Kier molecular flexibility index (Phi) is 3.76. The summed E-state index contributed by atoms with van der Waals surface area (Å²) in [6, 6.07) is -0.0821. The topological polar surface area (TPSA) is 78.9 Å². The number of amidine groups is 1. The van der Waals surface area contributed by atoms with Gasteiger partial charge >= 0.3 is 0 Å². The van der Waals surface area contributed by atoms with Crippen molar-refractivity contribution < 1.29 is 4.39 Å². The van der Waals surface area contributed by atoms with Crippen LogP contribution < -0.4 is 10.6 Å². The summed E-state index contributed by atoms with van der Waals surface area (Å²) in [7, 11) is 1.72. The highest BCUT2D eigenvalue weighted by Crippen LogP contribution is 2.18. The zero-order chi connectivity index (χ0) is 12.3. The van der Waals surface area contributed by atoms with Gasteiger partial charge in [-0.1, -0.05) is 0 Å². The van der Waals surface area contributed by atoms with Gasteiger partial charge in [-0.2, -0.15) is 0 Å². The van der Waals surface area contributed by atoms with Gasteiger partial charge < -0.3 is 10.6 Å². The van der Waals surface area contributed by atoms with Crippen LogP contribution in [0.5, 0.6) is 0 Å². The summed E-state index contributed by atoms with van der Waals surface area (Å²) in [4.78, 5) is 9.32. The Bertz CT molecular complexity index is 393. The summed E-state index contributed by atoms with van der Waals surface area (Å²) in [5, 5.41) is 7.20. The maximum Gasteiger partial charge on any atom is 0.186 e. The van der Waals surface area contributed by atoms with E-state index in [4.69, 9.17) is 11.1 Å². The van der Waals surface area contributed by atoms with Gasteiger partial charge in [-0.3, -0.25) is 5.41 Å². The van der Waals surface area contributed by atoms with Crippen LogP contribution in [0.3, 0.4) is 0 Å². The molecule has 1 atom stereocenters. The molecular formula is C10H16FN5. The molecular weight excluding hydrogens is 209 g/mol. The van der Waals surface area contributed by atoms with Crippen LogP contribution in [0, 0.1) is 18.2 Å². The van der Waals surface area contributed by atoms with E-state index in [1.54, 1.807) is 18.9 Å². The molecule has 0 radical (unpaired) electrons. The average Bonchev–Trinajstić information content (AvgIpc) is 2.20. The van der Waals surface area contributed by atoms with Crippen LogP contribution in [0.15, 0.2) is 6.33 Å². The number of halogens is 1. The highest BCUT2D eigenvalue weighted by Gasteiger charge is 2.17. The number of hydrogen-bond donors (Lipinski definition) is 2. The second-order valence-corrected chi connectivity index (χ2v) is 3.79. The summed E-state index contributed by atoms with van der Waals surface area (Å²) in [6.07, 6.45) is 1.70. The molecule has 1 rings (SSSR count). The van der Waals surface area contributed by atoms with Gasteiger partial charge in [0, 0.05) is 19.5 Å². The average molecular weight is 225 g/mol. The van der Waals surface area contributed by atoms with Crippen LogP contribution in [-0.2, 0) is 0 Å². The molecule has 0 aliphatic heterocycles. The van der Waals surface area contributed by atoms with E-state index in [9.17, 15) is 4.39 Å². The quantitative estimate of drug-likeness (QED) is 0.593. The fraction of sp³-hybridized carbons (Fsp3) is 0.500. The van der Waals surface area contributed by atoms with Crippen LogP contribution in [0.1, 0.15) is 19.0 Å². The van der Waals surface area contributed by atoms with Gasteiger partial charge in [0.2, 0.25) is 0 Å². The minimum absolute atomic E-state index is 0.0746. The first-order chi connectivity index (χ1) is 7.43. The Labute approximate surface area is 94.0 Å². The monoisotopic (exact) mass is 225 g/mol.